The molecule has 154 valence electrons. The van der Waals surface area contributed by atoms with Crippen LogP contribution in [0.3, 0.4) is 0 Å². The van der Waals surface area contributed by atoms with Gasteiger partial charge >= 0.3 is 5.97 Å². The highest BCUT2D eigenvalue weighted by Gasteiger charge is 2.23. The number of nitrogens with zero attached hydrogens (tertiary/aromatic N) is 1. The number of aliphatic imine (C=N–C) groups is 1. The average Bonchev–Trinajstić information content (AvgIpc) is 2.60. The molecule has 3 amide bonds. The lowest BCUT2D eigenvalue weighted by Gasteiger charge is -2.19. The van der Waals surface area contributed by atoms with Crippen molar-refractivity contribution in [3.63, 3.8) is 0 Å². The molecule has 10 N–H and O–H groups in total. The first-order chi connectivity index (χ1) is 12.6. The average molecular weight is 405 g/mol. The Balaban J connectivity index is 4.38. The normalized spacial score (nSPS) is 13.6. The second-order valence-corrected chi connectivity index (χ2v) is 6.01. The van der Waals surface area contributed by atoms with E-state index in [4.69, 9.17) is 22.3 Å². The van der Waals surface area contributed by atoms with E-state index in [0.717, 1.165) is 0 Å². The Labute approximate surface area is 162 Å². The standard InChI is InChI=1S/C14H27N7O5S/c1-7(13(25)26)20-10(22)5-19-12(24)9(6-27)21-11(23)8(15)3-2-4-18-14(16)17/h7-9,27H,2-6,15H2,1H3,(H,19,24)(H,20,22)(H,21,23)(H,25,26)(H4,16,17,18). The van der Waals surface area contributed by atoms with Crippen molar-refractivity contribution in [3.8, 4) is 0 Å². The van der Waals surface area contributed by atoms with E-state index in [1.54, 1.807) is 0 Å². The second kappa shape index (κ2) is 12.8. The Bertz CT molecular complexity index is 568. The van der Waals surface area contributed by atoms with Crippen molar-refractivity contribution in [3.05, 3.63) is 0 Å². The summed E-state index contributed by atoms with van der Waals surface area (Å²) in [5, 5.41) is 15.6. The second-order valence-electron chi connectivity index (χ2n) is 5.64. The monoisotopic (exact) mass is 405 g/mol. The molecule has 0 saturated heterocycles. The zero-order chi connectivity index (χ0) is 21.0. The maximum Gasteiger partial charge on any atom is 0.325 e. The van der Waals surface area contributed by atoms with E-state index in [2.05, 4.69) is 33.6 Å². The number of carbonyl (C=O) groups is 4. The van der Waals surface area contributed by atoms with Crippen molar-refractivity contribution in [1.82, 2.24) is 16.0 Å². The van der Waals surface area contributed by atoms with E-state index in [9.17, 15) is 19.2 Å². The zero-order valence-electron chi connectivity index (χ0n) is 15.0. The van der Waals surface area contributed by atoms with E-state index in [-0.39, 0.29) is 11.7 Å². The van der Waals surface area contributed by atoms with Crippen LogP contribution in [0.4, 0.5) is 0 Å². The van der Waals surface area contributed by atoms with Crippen LogP contribution in [0.2, 0.25) is 0 Å². The third kappa shape index (κ3) is 10.9. The molecule has 0 heterocycles. The van der Waals surface area contributed by atoms with Crippen molar-refractivity contribution < 1.29 is 24.3 Å². The van der Waals surface area contributed by atoms with E-state index in [1.165, 1.54) is 6.92 Å². The summed E-state index contributed by atoms with van der Waals surface area (Å²) in [5.74, 6) is -3.17. The molecule has 0 radical (unpaired) electrons. The molecule has 0 bridgehead atoms. The van der Waals surface area contributed by atoms with Crippen LogP contribution in [0.25, 0.3) is 0 Å². The largest absolute Gasteiger partial charge is 0.480 e. The lowest BCUT2D eigenvalue weighted by atomic mass is 10.1. The summed E-state index contributed by atoms with van der Waals surface area (Å²) in [6.45, 7) is 1.16. The van der Waals surface area contributed by atoms with Gasteiger partial charge in [0.2, 0.25) is 17.7 Å². The third-order valence-corrected chi connectivity index (χ3v) is 3.66. The van der Waals surface area contributed by atoms with Crippen LogP contribution >= 0.6 is 12.6 Å². The quantitative estimate of drug-likeness (QED) is 0.0703. The minimum absolute atomic E-state index is 0.0224. The van der Waals surface area contributed by atoms with Crippen LogP contribution in [0, 0.1) is 0 Å². The van der Waals surface area contributed by atoms with E-state index in [1.807, 2.05) is 0 Å². The number of nitrogens with one attached hydrogen (secondary N) is 3. The Morgan fingerprint density at radius 3 is 2.30 bits per heavy atom. The van der Waals surface area contributed by atoms with Crippen LogP contribution in [-0.2, 0) is 19.2 Å². The Hall–Kier alpha value is -2.54. The summed E-state index contributed by atoms with van der Waals surface area (Å²) in [5.41, 5.74) is 16.1. The third-order valence-electron chi connectivity index (χ3n) is 3.29. The fourth-order valence-corrected chi connectivity index (χ4v) is 2.03. The number of carboxylic acids is 1. The van der Waals surface area contributed by atoms with Gasteiger partial charge in [0.15, 0.2) is 5.96 Å². The van der Waals surface area contributed by atoms with Crippen LogP contribution in [0.15, 0.2) is 4.99 Å². The zero-order valence-corrected chi connectivity index (χ0v) is 15.9. The summed E-state index contributed by atoms with van der Waals surface area (Å²) in [4.78, 5) is 50.0. The first-order valence-corrected chi connectivity index (χ1v) is 8.73. The molecule has 13 heteroatoms. The van der Waals surface area contributed by atoms with Gasteiger partial charge in [-0.05, 0) is 19.8 Å². The van der Waals surface area contributed by atoms with Gasteiger partial charge in [-0.2, -0.15) is 12.6 Å². The highest BCUT2D eigenvalue weighted by atomic mass is 32.1. The van der Waals surface area contributed by atoms with Crippen molar-refractivity contribution in [1.29, 1.82) is 0 Å². The van der Waals surface area contributed by atoms with E-state index < -0.39 is 48.4 Å². The minimum atomic E-state index is -1.20. The molecule has 0 aliphatic heterocycles. The van der Waals surface area contributed by atoms with Gasteiger partial charge in [0.1, 0.15) is 12.1 Å². The number of hydrogen-bond donors (Lipinski definition) is 8. The molecule has 0 saturated carbocycles. The number of guanidine groups is 1. The lowest BCUT2D eigenvalue weighted by Crippen LogP contribution is -2.54. The minimum Gasteiger partial charge on any atom is -0.480 e. The molecular weight excluding hydrogens is 378 g/mol. The highest BCUT2D eigenvalue weighted by molar-refractivity contribution is 7.80. The van der Waals surface area contributed by atoms with Gasteiger partial charge in [-0.15, -0.1) is 0 Å². The van der Waals surface area contributed by atoms with Crippen molar-refractivity contribution in [2.45, 2.75) is 37.9 Å². The summed E-state index contributed by atoms with van der Waals surface area (Å²) < 4.78 is 0. The smallest absolute Gasteiger partial charge is 0.325 e. The fraction of sp³-hybridized carbons (Fsp3) is 0.643. The number of carboxylic acid groups (broad SMARTS) is 1. The van der Waals surface area contributed by atoms with Gasteiger partial charge in [0, 0.05) is 12.3 Å². The maximum atomic E-state index is 12.0. The predicted octanol–water partition coefficient (Wildman–Crippen LogP) is -3.51. The predicted molar refractivity (Wildman–Crippen MR) is 102 cm³/mol. The lowest BCUT2D eigenvalue weighted by molar-refractivity contribution is -0.141. The Morgan fingerprint density at radius 2 is 1.78 bits per heavy atom. The molecule has 0 spiro atoms. The van der Waals surface area contributed by atoms with E-state index >= 15 is 0 Å². The molecule has 12 nitrogen and oxygen atoms in total. The number of amides is 3. The molecule has 0 rings (SSSR count). The first-order valence-electron chi connectivity index (χ1n) is 8.10. The van der Waals surface area contributed by atoms with E-state index in [0.29, 0.717) is 19.4 Å². The van der Waals surface area contributed by atoms with Gasteiger partial charge in [-0.25, -0.2) is 0 Å². The van der Waals surface area contributed by atoms with Gasteiger partial charge < -0.3 is 38.3 Å². The number of hydrogen-bond acceptors (Lipinski definition) is 7. The SMILES string of the molecule is CC(NC(=O)CNC(=O)C(CS)NC(=O)C(N)CCCN=C(N)N)C(=O)O. The summed E-state index contributed by atoms with van der Waals surface area (Å²) >= 11 is 3.99. The molecule has 0 aromatic carbocycles. The fourth-order valence-electron chi connectivity index (χ4n) is 1.77. The van der Waals surface area contributed by atoms with Crippen LogP contribution in [0.5, 0.6) is 0 Å². The number of carbonyl (C=O) groups excluding carboxylic acids is 3. The van der Waals surface area contributed by atoms with Gasteiger partial charge in [-0.1, -0.05) is 0 Å². The molecule has 27 heavy (non-hydrogen) atoms. The molecule has 0 fully saturated rings. The Morgan fingerprint density at radius 1 is 1.15 bits per heavy atom. The molecular formula is C14H27N7O5S. The summed E-state index contributed by atoms with van der Waals surface area (Å²) in [7, 11) is 0. The van der Waals surface area contributed by atoms with Gasteiger partial charge in [0.25, 0.3) is 0 Å². The number of thiol groups is 1. The molecule has 0 aromatic heterocycles. The topological polar surface area (TPSA) is 215 Å². The first kappa shape index (κ1) is 24.5. The summed E-state index contributed by atoms with van der Waals surface area (Å²) in [6, 6.07) is -2.96. The van der Waals surface area contributed by atoms with Crippen molar-refractivity contribution in [2.24, 2.45) is 22.2 Å². The van der Waals surface area contributed by atoms with Gasteiger partial charge in [-0.3, -0.25) is 24.2 Å². The van der Waals surface area contributed by atoms with Crippen molar-refractivity contribution in [2.75, 3.05) is 18.8 Å². The van der Waals surface area contributed by atoms with Crippen molar-refractivity contribution >= 4 is 42.3 Å². The molecule has 0 aromatic rings. The van der Waals surface area contributed by atoms with Crippen LogP contribution < -0.4 is 33.2 Å². The highest BCUT2D eigenvalue weighted by Crippen LogP contribution is 1.97. The summed E-state index contributed by atoms with van der Waals surface area (Å²) in [6.07, 6.45) is 0.783. The molecule has 0 aliphatic rings. The number of nitrogens with two attached hydrogens (primary N) is 3. The number of aliphatic carboxylic acids is 1. The van der Waals surface area contributed by atoms with Crippen LogP contribution in [-0.4, -0.2) is 71.7 Å². The van der Waals surface area contributed by atoms with Gasteiger partial charge in [0.05, 0.1) is 12.6 Å². The maximum absolute atomic E-state index is 12.0. The number of rotatable bonds is 12. The van der Waals surface area contributed by atoms with Crippen LogP contribution in [0.1, 0.15) is 19.8 Å². The molecule has 0 aliphatic carbocycles. The molecule has 3 atom stereocenters. The molecule has 3 unspecified atom stereocenters. The Kier molecular flexibility index (Phi) is 11.6.